The molecule has 0 bridgehead atoms. The Hall–Kier alpha value is -1.81. The molecule has 1 unspecified atom stereocenters. The lowest BCUT2D eigenvalue weighted by Gasteiger charge is -2.16. The molecule has 2 aromatic rings. The van der Waals surface area contributed by atoms with Gasteiger partial charge < -0.3 is 15.0 Å². The quantitative estimate of drug-likeness (QED) is 0.842. The van der Waals surface area contributed by atoms with E-state index in [-0.39, 0.29) is 6.04 Å². The summed E-state index contributed by atoms with van der Waals surface area (Å²) in [5.41, 5.74) is 8.28. The summed E-state index contributed by atoms with van der Waals surface area (Å²) < 4.78 is 8.08. The van der Waals surface area contributed by atoms with E-state index in [9.17, 15) is 0 Å². The smallest absolute Gasteiger partial charge is 0.130 e. The van der Waals surface area contributed by atoms with Gasteiger partial charge in [0.15, 0.2) is 0 Å². The number of aromatic nitrogens is 2. The van der Waals surface area contributed by atoms with Crippen LogP contribution in [0.1, 0.15) is 44.0 Å². The molecule has 0 aliphatic rings. The minimum atomic E-state index is 0.0201. The molecule has 4 nitrogen and oxygen atoms in total. The molecule has 1 aromatic heterocycles. The predicted molar refractivity (Wildman–Crippen MR) is 80.5 cm³/mol. The number of benzene rings is 1. The van der Waals surface area contributed by atoms with Crippen molar-refractivity contribution in [3.05, 3.63) is 48.0 Å². The van der Waals surface area contributed by atoms with Crippen molar-refractivity contribution in [3.63, 3.8) is 0 Å². The normalized spacial score (nSPS) is 12.3. The molecule has 1 heterocycles. The first kappa shape index (κ1) is 14.6. The summed E-state index contributed by atoms with van der Waals surface area (Å²) in [4.78, 5) is 4.19. The highest BCUT2D eigenvalue weighted by Gasteiger charge is 2.10. The Labute approximate surface area is 120 Å². The first-order chi connectivity index (χ1) is 9.76. The van der Waals surface area contributed by atoms with Crippen LogP contribution in [-0.2, 0) is 13.2 Å². The molecule has 0 fully saturated rings. The van der Waals surface area contributed by atoms with E-state index in [1.54, 1.807) is 0 Å². The van der Waals surface area contributed by atoms with Gasteiger partial charge in [-0.15, -0.1) is 0 Å². The van der Waals surface area contributed by atoms with Crippen LogP contribution in [0.4, 0.5) is 0 Å². The molecule has 0 aliphatic heterocycles. The average Bonchev–Trinajstić information content (AvgIpc) is 2.92. The second-order valence-corrected chi connectivity index (χ2v) is 4.92. The zero-order chi connectivity index (χ0) is 14.4. The van der Waals surface area contributed by atoms with Crippen molar-refractivity contribution in [2.45, 2.75) is 45.9 Å². The molecule has 0 aliphatic carbocycles. The van der Waals surface area contributed by atoms with Gasteiger partial charge >= 0.3 is 0 Å². The van der Waals surface area contributed by atoms with Gasteiger partial charge in [-0.1, -0.05) is 32.0 Å². The van der Waals surface area contributed by atoms with Crippen molar-refractivity contribution >= 4 is 0 Å². The van der Waals surface area contributed by atoms with Crippen molar-refractivity contribution in [2.75, 3.05) is 0 Å². The minimum Gasteiger partial charge on any atom is -0.487 e. The van der Waals surface area contributed by atoms with Crippen molar-refractivity contribution in [1.29, 1.82) is 0 Å². The number of nitrogens with zero attached hydrogens (tertiary/aromatic N) is 2. The molecule has 0 saturated heterocycles. The maximum atomic E-state index is 6.12. The van der Waals surface area contributed by atoms with E-state index in [4.69, 9.17) is 10.5 Å². The summed E-state index contributed by atoms with van der Waals surface area (Å²) in [5.74, 6) is 0.867. The number of aryl methyl sites for hydroxylation is 1. The molecule has 2 N–H and O–H groups in total. The first-order valence-electron chi connectivity index (χ1n) is 7.22. The molecule has 1 atom stereocenters. The number of rotatable bonds is 7. The third-order valence-electron chi connectivity index (χ3n) is 3.40. The predicted octanol–water partition coefficient (Wildman–Crippen LogP) is 3.28. The molecule has 0 spiro atoms. The van der Waals surface area contributed by atoms with Crippen LogP contribution in [-0.4, -0.2) is 9.55 Å². The van der Waals surface area contributed by atoms with Gasteiger partial charge in [-0.2, -0.15) is 0 Å². The van der Waals surface area contributed by atoms with E-state index in [1.165, 1.54) is 0 Å². The topological polar surface area (TPSA) is 53.1 Å². The maximum absolute atomic E-state index is 6.12. The van der Waals surface area contributed by atoms with Crippen LogP contribution in [0.15, 0.2) is 36.8 Å². The van der Waals surface area contributed by atoms with Crippen LogP contribution in [0.3, 0.4) is 0 Å². The second-order valence-electron chi connectivity index (χ2n) is 4.92. The zero-order valence-electron chi connectivity index (χ0n) is 12.2. The largest absolute Gasteiger partial charge is 0.487 e. The standard InChI is InChI=1S/C16H23N3O/c1-3-9-19-12-18-10-13(19)11-20-16-8-6-5-7-14(16)15(17)4-2/h5-8,10,12,15H,3-4,9,11,17H2,1-2H3. The van der Waals surface area contributed by atoms with Gasteiger partial charge in [0.1, 0.15) is 12.4 Å². The van der Waals surface area contributed by atoms with Gasteiger partial charge in [0.05, 0.1) is 18.2 Å². The fourth-order valence-electron chi connectivity index (χ4n) is 2.20. The van der Waals surface area contributed by atoms with E-state index >= 15 is 0 Å². The minimum absolute atomic E-state index is 0.0201. The van der Waals surface area contributed by atoms with Crippen LogP contribution < -0.4 is 10.5 Å². The Morgan fingerprint density at radius 2 is 2.10 bits per heavy atom. The van der Waals surface area contributed by atoms with E-state index in [0.717, 1.165) is 36.4 Å². The second kappa shape index (κ2) is 7.10. The molecule has 2 rings (SSSR count). The van der Waals surface area contributed by atoms with Gasteiger partial charge in [-0.3, -0.25) is 0 Å². The molecule has 20 heavy (non-hydrogen) atoms. The lowest BCUT2D eigenvalue weighted by atomic mass is 10.0. The highest BCUT2D eigenvalue weighted by atomic mass is 16.5. The van der Waals surface area contributed by atoms with Crippen LogP contribution in [0.5, 0.6) is 5.75 Å². The van der Waals surface area contributed by atoms with E-state index in [0.29, 0.717) is 6.61 Å². The number of hydrogen-bond donors (Lipinski definition) is 1. The van der Waals surface area contributed by atoms with Gasteiger partial charge in [-0.25, -0.2) is 4.98 Å². The third kappa shape index (κ3) is 3.39. The summed E-state index contributed by atoms with van der Waals surface area (Å²) in [5, 5.41) is 0. The van der Waals surface area contributed by atoms with E-state index < -0.39 is 0 Å². The van der Waals surface area contributed by atoms with Crippen molar-refractivity contribution in [1.82, 2.24) is 9.55 Å². The Bertz CT molecular complexity index is 536. The number of nitrogens with two attached hydrogens (primary N) is 1. The van der Waals surface area contributed by atoms with Crippen LogP contribution >= 0.6 is 0 Å². The summed E-state index contributed by atoms with van der Waals surface area (Å²) in [6.45, 7) is 5.72. The Morgan fingerprint density at radius 3 is 2.85 bits per heavy atom. The lowest BCUT2D eigenvalue weighted by Crippen LogP contribution is -2.11. The lowest BCUT2D eigenvalue weighted by molar-refractivity contribution is 0.289. The SMILES string of the molecule is CCCn1cncc1COc1ccccc1C(N)CC. The van der Waals surface area contributed by atoms with Gasteiger partial charge in [-0.05, 0) is 18.9 Å². The van der Waals surface area contributed by atoms with Crippen molar-refractivity contribution in [2.24, 2.45) is 5.73 Å². The highest BCUT2D eigenvalue weighted by molar-refractivity contribution is 5.35. The Balaban J connectivity index is 2.09. The van der Waals surface area contributed by atoms with Crippen LogP contribution in [0.2, 0.25) is 0 Å². The molecular weight excluding hydrogens is 250 g/mol. The molecule has 0 amide bonds. The molecule has 0 radical (unpaired) electrons. The van der Waals surface area contributed by atoms with Crippen LogP contribution in [0, 0.1) is 0 Å². The fourth-order valence-corrected chi connectivity index (χ4v) is 2.20. The van der Waals surface area contributed by atoms with Gasteiger partial charge in [0.2, 0.25) is 0 Å². The Kier molecular flexibility index (Phi) is 5.18. The number of ether oxygens (including phenoxy) is 1. The first-order valence-corrected chi connectivity index (χ1v) is 7.22. The van der Waals surface area contributed by atoms with Crippen molar-refractivity contribution in [3.8, 4) is 5.75 Å². The maximum Gasteiger partial charge on any atom is 0.130 e. The highest BCUT2D eigenvalue weighted by Crippen LogP contribution is 2.26. The summed E-state index contributed by atoms with van der Waals surface area (Å²) in [6, 6.07) is 8.01. The molecular formula is C16H23N3O. The van der Waals surface area contributed by atoms with Gasteiger partial charge in [0, 0.05) is 18.2 Å². The van der Waals surface area contributed by atoms with Crippen molar-refractivity contribution < 1.29 is 4.74 Å². The summed E-state index contributed by atoms with van der Waals surface area (Å²) in [7, 11) is 0. The number of imidazole rings is 1. The molecule has 4 heteroatoms. The monoisotopic (exact) mass is 273 g/mol. The zero-order valence-corrected chi connectivity index (χ0v) is 12.2. The fraction of sp³-hybridized carbons (Fsp3) is 0.438. The molecule has 108 valence electrons. The number of hydrogen-bond acceptors (Lipinski definition) is 3. The van der Waals surface area contributed by atoms with Crippen LogP contribution in [0.25, 0.3) is 0 Å². The average molecular weight is 273 g/mol. The molecule has 1 aromatic carbocycles. The van der Waals surface area contributed by atoms with E-state index in [2.05, 4.69) is 23.4 Å². The summed E-state index contributed by atoms with van der Waals surface area (Å²) >= 11 is 0. The summed E-state index contributed by atoms with van der Waals surface area (Å²) in [6.07, 6.45) is 5.69. The molecule has 0 saturated carbocycles. The van der Waals surface area contributed by atoms with E-state index in [1.807, 2.05) is 36.8 Å². The third-order valence-corrected chi connectivity index (χ3v) is 3.40. The Morgan fingerprint density at radius 1 is 1.30 bits per heavy atom. The number of para-hydroxylation sites is 1. The van der Waals surface area contributed by atoms with Gasteiger partial charge in [0.25, 0.3) is 0 Å².